The fourth-order valence-electron chi connectivity index (χ4n) is 0. The molecule has 0 bridgehead atoms. The van der Waals surface area contributed by atoms with E-state index in [-0.39, 0.29) is 5.37 Å². The number of nitrogens with two attached hydrogens (primary N) is 1. The first-order valence-corrected chi connectivity index (χ1v) is 1.69. The van der Waals surface area contributed by atoms with Crippen molar-refractivity contribution in [1.82, 2.24) is 0 Å². The zero-order valence-corrected chi connectivity index (χ0v) is 3.50. The molecule has 4 heavy (non-hydrogen) atoms. The monoisotopic (exact) mass is 77.0 g/mol. The van der Waals surface area contributed by atoms with Gasteiger partial charge in [0.2, 0.25) is 0 Å². The molecule has 1 nitrogen and oxygen atoms in total. The predicted octanol–water partition coefficient (Wildman–Crippen LogP) is 0.221. The van der Waals surface area contributed by atoms with Crippen molar-refractivity contribution in [3.8, 4) is 0 Å². The molecule has 1 atom stereocenters. The Morgan fingerprint density at radius 3 is 2.00 bits per heavy atom. The molecule has 0 aromatic carbocycles. The molecule has 0 aliphatic rings. The fraction of sp³-hybridized carbons (Fsp3) is 1.00. The summed E-state index contributed by atoms with van der Waals surface area (Å²) in [5.41, 5.74) is 4.98. The second-order valence-electron chi connectivity index (χ2n) is 0.741. The second kappa shape index (κ2) is 1.61. The maximum absolute atomic E-state index is 4.98. The Labute approximate surface area is 31.6 Å². The summed E-state index contributed by atoms with van der Waals surface area (Å²) in [6.07, 6.45) is 0. The van der Waals surface area contributed by atoms with Crippen LogP contribution in [0.1, 0.15) is 6.92 Å². The van der Waals surface area contributed by atoms with E-state index >= 15 is 0 Å². The van der Waals surface area contributed by atoms with Crippen molar-refractivity contribution < 1.29 is 0 Å². The third-order valence-corrected chi connectivity index (χ3v) is 0. The van der Waals surface area contributed by atoms with Gasteiger partial charge in [-0.25, -0.2) is 0 Å². The fourth-order valence-corrected chi connectivity index (χ4v) is 0. The molecule has 2 N–H and O–H groups in total. The van der Waals surface area contributed by atoms with E-state index in [4.69, 9.17) is 5.73 Å². The van der Waals surface area contributed by atoms with Crippen molar-refractivity contribution in [2.24, 2.45) is 5.73 Å². The van der Waals surface area contributed by atoms with Crippen LogP contribution >= 0.6 is 12.6 Å². The highest BCUT2D eigenvalue weighted by Gasteiger charge is 1.68. The molecule has 0 aliphatic carbocycles. The van der Waals surface area contributed by atoms with Crippen LogP contribution in [0.25, 0.3) is 0 Å². The SMILES string of the molecule is C[C@@H](N)S. The Kier molecular flexibility index (Phi) is 1.74. The number of thiol groups is 1. The van der Waals surface area contributed by atoms with E-state index < -0.39 is 0 Å². The molecule has 0 radical (unpaired) electrons. The first-order valence-electron chi connectivity index (χ1n) is 1.17. The van der Waals surface area contributed by atoms with Crippen LogP contribution in [0.5, 0.6) is 0 Å². The Bertz CT molecular complexity index is 10.8. The van der Waals surface area contributed by atoms with Gasteiger partial charge in [-0.15, -0.1) is 0 Å². The Balaban J connectivity index is 2.32. The van der Waals surface area contributed by atoms with Crippen molar-refractivity contribution in [3.63, 3.8) is 0 Å². The van der Waals surface area contributed by atoms with Crippen molar-refractivity contribution in [2.75, 3.05) is 0 Å². The summed E-state index contributed by atoms with van der Waals surface area (Å²) >= 11 is 3.74. The maximum Gasteiger partial charge on any atom is 0.0448 e. The van der Waals surface area contributed by atoms with Gasteiger partial charge >= 0.3 is 0 Å². The second-order valence-corrected chi connectivity index (χ2v) is 1.56. The molecule has 0 saturated heterocycles. The standard InChI is InChI=1S/C2H7NS/c1-2(3)4/h2,4H,3H2,1H3/t2-/m0/s1. The topological polar surface area (TPSA) is 26.0 Å². The van der Waals surface area contributed by atoms with Gasteiger partial charge in [0.15, 0.2) is 0 Å². The average molecular weight is 77.2 g/mol. The molecule has 0 aromatic rings. The molecule has 26 valence electrons. The van der Waals surface area contributed by atoms with Crippen molar-refractivity contribution in [2.45, 2.75) is 12.3 Å². The third kappa shape index (κ3) is 41.3. The smallest absolute Gasteiger partial charge is 0.0448 e. The number of hydrogen-bond donors (Lipinski definition) is 2. The van der Waals surface area contributed by atoms with E-state index in [1.807, 2.05) is 6.92 Å². The van der Waals surface area contributed by atoms with E-state index in [0.717, 1.165) is 0 Å². The molecule has 0 amide bonds. The lowest BCUT2D eigenvalue weighted by Gasteiger charge is -1.80. The van der Waals surface area contributed by atoms with E-state index in [0.29, 0.717) is 0 Å². The number of hydrogen-bond acceptors (Lipinski definition) is 2. The minimum Gasteiger partial charge on any atom is -0.320 e. The minimum absolute atomic E-state index is 0.0278. The van der Waals surface area contributed by atoms with Crippen LogP contribution in [0.3, 0.4) is 0 Å². The average Bonchev–Trinajstić information content (AvgIpc) is 0.811. The van der Waals surface area contributed by atoms with Gasteiger partial charge in [0.25, 0.3) is 0 Å². The van der Waals surface area contributed by atoms with Crippen LogP contribution < -0.4 is 5.73 Å². The van der Waals surface area contributed by atoms with Crippen molar-refractivity contribution in [3.05, 3.63) is 0 Å². The summed E-state index contributed by atoms with van der Waals surface area (Å²) in [6, 6.07) is 0. The first kappa shape index (κ1) is 4.31. The van der Waals surface area contributed by atoms with E-state index in [9.17, 15) is 0 Å². The van der Waals surface area contributed by atoms with Gasteiger partial charge in [-0.3, -0.25) is 0 Å². The van der Waals surface area contributed by atoms with Gasteiger partial charge in [-0.1, -0.05) is 0 Å². The summed E-state index contributed by atoms with van der Waals surface area (Å²) in [6.45, 7) is 1.81. The lowest BCUT2D eigenvalue weighted by atomic mass is 10.8. The van der Waals surface area contributed by atoms with Crippen LogP contribution in [0.2, 0.25) is 0 Å². The predicted molar refractivity (Wildman–Crippen MR) is 22.6 cm³/mol. The largest absolute Gasteiger partial charge is 0.320 e. The van der Waals surface area contributed by atoms with Crippen LogP contribution in [0.15, 0.2) is 0 Å². The minimum atomic E-state index is 0.0278. The summed E-state index contributed by atoms with van der Waals surface area (Å²) in [7, 11) is 0. The van der Waals surface area contributed by atoms with E-state index in [1.54, 1.807) is 0 Å². The van der Waals surface area contributed by atoms with Crippen LogP contribution in [-0.2, 0) is 0 Å². The van der Waals surface area contributed by atoms with Gasteiger partial charge in [0, 0.05) is 5.37 Å². The normalized spacial score (nSPS) is 15.8. The highest BCUT2D eigenvalue weighted by atomic mass is 32.1. The molecule has 0 fully saturated rings. The Morgan fingerprint density at radius 2 is 2.00 bits per heavy atom. The summed E-state index contributed by atoms with van der Waals surface area (Å²) in [4.78, 5) is 0. The Hall–Kier alpha value is 0.310. The summed E-state index contributed by atoms with van der Waals surface area (Å²) < 4.78 is 0. The first-order chi connectivity index (χ1) is 1.73. The van der Waals surface area contributed by atoms with Crippen molar-refractivity contribution >= 4 is 12.6 Å². The summed E-state index contributed by atoms with van der Waals surface area (Å²) in [5.74, 6) is 0. The molecule has 2 heteroatoms. The van der Waals surface area contributed by atoms with Crippen LogP contribution in [0, 0.1) is 0 Å². The summed E-state index contributed by atoms with van der Waals surface area (Å²) in [5, 5.41) is 0.0278. The molecule has 0 heterocycles. The quantitative estimate of drug-likeness (QED) is 0.314. The molecule has 0 saturated carbocycles. The Morgan fingerprint density at radius 1 is 2.00 bits per heavy atom. The highest BCUT2D eigenvalue weighted by molar-refractivity contribution is 7.80. The van der Waals surface area contributed by atoms with E-state index in [2.05, 4.69) is 12.6 Å². The highest BCUT2D eigenvalue weighted by Crippen LogP contribution is 1.72. The third-order valence-electron chi connectivity index (χ3n) is 0. The zero-order chi connectivity index (χ0) is 3.58. The maximum atomic E-state index is 4.98. The molecule has 0 spiro atoms. The van der Waals surface area contributed by atoms with Gasteiger partial charge in [-0.05, 0) is 6.92 Å². The van der Waals surface area contributed by atoms with Gasteiger partial charge in [-0.2, -0.15) is 12.6 Å². The molecule has 0 rings (SSSR count). The molecular weight excluding hydrogens is 70.1 g/mol. The molecule has 0 unspecified atom stereocenters. The number of rotatable bonds is 0. The van der Waals surface area contributed by atoms with Gasteiger partial charge < -0.3 is 5.73 Å². The lowest BCUT2D eigenvalue weighted by Crippen LogP contribution is -2.03. The molecule has 0 aromatic heterocycles. The molecular formula is C2H7NS. The van der Waals surface area contributed by atoms with Crippen molar-refractivity contribution in [1.29, 1.82) is 0 Å². The lowest BCUT2D eigenvalue weighted by molar-refractivity contribution is 1.06. The van der Waals surface area contributed by atoms with Crippen LogP contribution in [-0.4, -0.2) is 5.37 Å². The van der Waals surface area contributed by atoms with Gasteiger partial charge in [0.1, 0.15) is 0 Å². The van der Waals surface area contributed by atoms with Gasteiger partial charge in [0.05, 0.1) is 0 Å². The zero-order valence-electron chi connectivity index (χ0n) is 2.60. The molecule has 0 aliphatic heterocycles. The van der Waals surface area contributed by atoms with E-state index in [1.165, 1.54) is 0 Å². The van der Waals surface area contributed by atoms with Crippen LogP contribution in [0.4, 0.5) is 0 Å².